The number of ether oxygens (including phenoxy) is 3. The lowest BCUT2D eigenvalue weighted by Gasteiger charge is -2.39. The maximum absolute atomic E-state index is 14.0. The number of carbonyl (C=O) groups excluding carboxylic acids is 1. The van der Waals surface area contributed by atoms with E-state index in [2.05, 4.69) is 54.8 Å². The van der Waals surface area contributed by atoms with E-state index in [1.54, 1.807) is 24.8 Å². The van der Waals surface area contributed by atoms with Gasteiger partial charge in [0.15, 0.2) is 5.60 Å². The molecule has 1 saturated carbocycles. The lowest BCUT2D eigenvalue weighted by molar-refractivity contribution is -0.152. The van der Waals surface area contributed by atoms with Gasteiger partial charge in [-0.25, -0.2) is 15.0 Å². The van der Waals surface area contributed by atoms with Crippen molar-refractivity contribution in [2.45, 2.75) is 89.6 Å². The van der Waals surface area contributed by atoms with Crippen molar-refractivity contribution in [3.05, 3.63) is 84.0 Å². The maximum Gasteiger partial charge on any atom is 0.316 e. The Bertz CT molecular complexity index is 1660. The molecule has 1 aliphatic carbocycles. The normalized spacial score (nSPS) is 19.6. The molecular formula is C38H46N6O4. The summed E-state index contributed by atoms with van der Waals surface area (Å²) in [7, 11) is 1.53. The smallest absolute Gasteiger partial charge is 0.316 e. The first-order valence-electron chi connectivity index (χ1n) is 17.0. The zero-order chi connectivity index (χ0) is 33.7. The third-order valence-electron chi connectivity index (χ3n) is 9.55. The minimum Gasteiger partial charge on any atom is -0.467 e. The molecule has 252 valence electrons. The summed E-state index contributed by atoms with van der Waals surface area (Å²) < 4.78 is 16.9. The topological polar surface area (TPSA) is 122 Å². The number of rotatable bonds is 12. The second kappa shape index (κ2) is 14.4. The molecule has 1 aliphatic heterocycles. The molecule has 4 aromatic rings. The van der Waals surface area contributed by atoms with Crippen LogP contribution in [0.5, 0.6) is 11.9 Å². The van der Waals surface area contributed by atoms with Gasteiger partial charge in [0.05, 0.1) is 43.8 Å². The summed E-state index contributed by atoms with van der Waals surface area (Å²) in [6.45, 7) is 9.66. The molecule has 1 aromatic carbocycles. The van der Waals surface area contributed by atoms with E-state index in [-0.39, 0.29) is 28.6 Å². The zero-order valence-corrected chi connectivity index (χ0v) is 28.7. The summed E-state index contributed by atoms with van der Waals surface area (Å²) >= 11 is 0. The Morgan fingerprint density at radius 1 is 0.938 bits per heavy atom. The Morgan fingerprint density at radius 3 is 2.27 bits per heavy atom. The van der Waals surface area contributed by atoms with Gasteiger partial charge in [-0.15, -0.1) is 0 Å². The van der Waals surface area contributed by atoms with E-state index in [9.17, 15) is 4.79 Å². The van der Waals surface area contributed by atoms with Crippen LogP contribution in [0.25, 0.3) is 11.3 Å². The van der Waals surface area contributed by atoms with E-state index in [0.717, 1.165) is 60.3 Å². The Morgan fingerprint density at radius 2 is 1.67 bits per heavy atom. The molecule has 2 fully saturated rings. The first-order chi connectivity index (χ1) is 23.1. The second-order valence-electron chi connectivity index (χ2n) is 14.5. The highest BCUT2D eigenvalue weighted by Gasteiger charge is 2.38. The molecule has 6 rings (SSSR count). The highest BCUT2D eigenvalue weighted by Crippen LogP contribution is 2.40. The number of hydrogen-bond donors (Lipinski definition) is 0. The summed E-state index contributed by atoms with van der Waals surface area (Å²) in [6.07, 6.45) is 14.6. The fourth-order valence-corrected chi connectivity index (χ4v) is 6.70. The summed E-state index contributed by atoms with van der Waals surface area (Å²) in [5, 5.41) is 0. The van der Waals surface area contributed by atoms with E-state index in [1.165, 1.54) is 7.11 Å². The molecule has 0 amide bonds. The fourth-order valence-electron chi connectivity index (χ4n) is 6.70. The summed E-state index contributed by atoms with van der Waals surface area (Å²) in [4.78, 5) is 41.6. The Hall–Kier alpha value is -4.31. The largest absolute Gasteiger partial charge is 0.467 e. The lowest BCUT2D eigenvalue weighted by atomic mass is 9.72. The van der Waals surface area contributed by atoms with Gasteiger partial charge in [0.2, 0.25) is 5.88 Å². The molecule has 0 spiro atoms. The summed E-state index contributed by atoms with van der Waals surface area (Å²) in [5.74, 6) is 2.00. The summed E-state index contributed by atoms with van der Waals surface area (Å²) in [5.41, 5.74) is 3.80. The average molecular weight is 651 g/mol. The van der Waals surface area contributed by atoms with E-state index in [0.29, 0.717) is 49.6 Å². The van der Waals surface area contributed by atoms with Crippen LogP contribution in [0.4, 0.5) is 0 Å². The van der Waals surface area contributed by atoms with Gasteiger partial charge in [-0.1, -0.05) is 51.1 Å². The Labute approximate surface area is 283 Å². The van der Waals surface area contributed by atoms with Crippen LogP contribution in [-0.2, 0) is 27.8 Å². The predicted molar refractivity (Wildman–Crippen MR) is 182 cm³/mol. The van der Waals surface area contributed by atoms with Crippen molar-refractivity contribution >= 4 is 5.78 Å². The quantitative estimate of drug-likeness (QED) is 0.167. The van der Waals surface area contributed by atoms with E-state index >= 15 is 0 Å². The van der Waals surface area contributed by atoms with Gasteiger partial charge >= 0.3 is 6.01 Å². The molecule has 0 radical (unpaired) electrons. The second-order valence-corrected chi connectivity index (χ2v) is 14.5. The van der Waals surface area contributed by atoms with Crippen molar-refractivity contribution in [1.29, 1.82) is 0 Å². The minimum atomic E-state index is -0.352. The van der Waals surface area contributed by atoms with E-state index < -0.39 is 0 Å². The molecular weight excluding hydrogens is 604 g/mol. The number of aryl methyl sites for hydroxylation is 1. The van der Waals surface area contributed by atoms with Crippen LogP contribution in [0.2, 0.25) is 0 Å². The van der Waals surface area contributed by atoms with Crippen molar-refractivity contribution in [3.63, 3.8) is 0 Å². The minimum absolute atomic E-state index is 0.140. The van der Waals surface area contributed by atoms with Crippen LogP contribution < -0.4 is 9.47 Å². The van der Waals surface area contributed by atoms with Gasteiger partial charge in [-0.2, -0.15) is 4.98 Å². The number of benzene rings is 1. The number of ketones is 1. The molecule has 0 bridgehead atoms. The molecule has 3 aromatic heterocycles. The number of aromatic nitrogens is 6. The van der Waals surface area contributed by atoms with Gasteiger partial charge in [-0.05, 0) is 61.8 Å². The van der Waals surface area contributed by atoms with Crippen LogP contribution in [-0.4, -0.2) is 61.6 Å². The lowest BCUT2D eigenvalue weighted by Crippen LogP contribution is -2.52. The molecule has 4 heterocycles. The Balaban J connectivity index is 1.16. The van der Waals surface area contributed by atoms with Gasteiger partial charge in [0.25, 0.3) is 0 Å². The van der Waals surface area contributed by atoms with Crippen LogP contribution in [0.1, 0.15) is 88.4 Å². The zero-order valence-electron chi connectivity index (χ0n) is 28.7. The highest BCUT2D eigenvalue weighted by molar-refractivity contribution is 5.85. The third kappa shape index (κ3) is 8.03. The van der Waals surface area contributed by atoms with Crippen molar-refractivity contribution in [3.8, 4) is 23.1 Å². The van der Waals surface area contributed by atoms with Crippen molar-refractivity contribution < 1.29 is 19.0 Å². The molecule has 2 aliphatic rings. The maximum atomic E-state index is 14.0. The fraction of sp³-hybridized carbons (Fsp3) is 0.500. The average Bonchev–Trinajstić information content (AvgIpc) is 3.08. The predicted octanol–water partition coefficient (Wildman–Crippen LogP) is 6.53. The van der Waals surface area contributed by atoms with Gasteiger partial charge in [-0.3, -0.25) is 14.8 Å². The number of nitrogens with zero attached hydrogens (tertiary/aromatic N) is 6. The van der Waals surface area contributed by atoms with Gasteiger partial charge < -0.3 is 14.2 Å². The molecule has 48 heavy (non-hydrogen) atoms. The van der Waals surface area contributed by atoms with Crippen LogP contribution in [0.15, 0.2) is 61.3 Å². The third-order valence-corrected chi connectivity index (χ3v) is 9.55. The molecule has 0 N–H and O–H groups in total. The monoisotopic (exact) mass is 650 g/mol. The number of hydrogen-bond acceptors (Lipinski definition) is 10. The molecule has 1 unspecified atom stereocenters. The van der Waals surface area contributed by atoms with Crippen molar-refractivity contribution in [2.24, 2.45) is 11.8 Å². The molecule has 1 saturated heterocycles. The van der Waals surface area contributed by atoms with E-state index in [1.807, 2.05) is 24.4 Å². The first kappa shape index (κ1) is 33.6. The van der Waals surface area contributed by atoms with Crippen LogP contribution >= 0.6 is 0 Å². The van der Waals surface area contributed by atoms with Gasteiger partial charge in [0, 0.05) is 48.8 Å². The van der Waals surface area contributed by atoms with Gasteiger partial charge in [0.1, 0.15) is 11.6 Å². The Kier molecular flexibility index (Phi) is 10.1. The molecule has 10 nitrogen and oxygen atoms in total. The summed E-state index contributed by atoms with van der Waals surface area (Å²) in [6, 6.07) is 10.5. The standard InChI is InChI=1S/C38H46N6O4/c1-37(2,3)29-20-41-33(44-35(29)48-38(4)23-47-24-38)17-26-11-14-27(15-12-26)34(32(45)16-13-25-9-7-6-8-10-25)31-22-39-30(21-40-31)28-18-42-36(46-5)43-19-28/h6-10,18-22,26-27,34H,11-17,23-24H2,1-5H3. The van der Waals surface area contributed by atoms with E-state index in [4.69, 9.17) is 29.2 Å². The first-order valence-corrected chi connectivity index (χ1v) is 17.0. The molecule has 1 atom stereocenters. The van der Waals surface area contributed by atoms with Crippen LogP contribution in [0, 0.1) is 11.8 Å². The van der Waals surface area contributed by atoms with Crippen LogP contribution in [0.3, 0.4) is 0 Å². The van der Waals surface area contributed by atoms with Crippen molar-refractivity contribution in [2.75, 3.05) is 20.3 Å². The number of Topliss-reactive ketones (excluding diaryl/α,β-unsaturated/α-hetero) is 1. The van der Waals surface area contributed by atoms with Crippen molar-refractivity contribution in [1.82, 2.24) is 29.9 Å². The number of carbonyl (C=O) groups is 1. The number of methoxy groups -OCH3 is 1. The highest BCUT2D eigenvalue weighted by atomic mass is 16.6. The SMILES string of the molecule is COc1ncc(-c2cnc(C(C(=O)CCc3ccccc3)C3CCC(Cc4ncc(C(C)(C)C)c(OC5(C)COC5)n4)CC3)cn2)cn1. The molecule has 10 heteroatoms.